The topological polar surface area (TPSA) is 95.9 Å². The number of carbonyl (C=O) groups is 1. The molecule has 1 heterocycles. The van der Waals surface area contributed by atoms with Gasteiger partial charge in [-0.2, -0.15) is 4.31 Å². The van der Waals surface area contributed by atoms with Gasteiger partial charge in [-0.1, -0.05) is 12.8 Å². The summed E-state index contributed by atoms with van der Waals surface area (Å²) >= 11 is 1.52. The Morgan fingerprint density at radius 2 is 1.93 bits per heavy atom. The summed E-state index contributed by atoms with van der Waals surface area (Å²) in [6, 6.07) is 4.51. The van der Waals surface area contributed by atoms with Gasteiger partial charge >= 0.3 is 0 Å². The number of amides is 1. The largest absolute Gasteiger partial charge is 0.481 e. The molecule has 7 nitrogen and oxygen atoms in total. The van der Waals surface area contributed by atoms with Crippen LogP contribution in [0.4, 0.5) is 0 Å². The second-order valence-corrected chi connectivity index (χ2v) is 10.9. The predicted molar refractivity (Wildman–Crippen MR) is 109 cm³/mol. The average molecular weight is 427 g/mol. The van der Waals surface area contributed by atoms with E-state index in [2.05, 4.69) is 11.8 Å². The van der Waals surface area contributed by atoms with Crippen molar-refractivity contribution >= 4 is 27.7 Å². The van der Waals surface area contributed by atoms with Crippen LogP contribution in [0.25, 0.3) is 0 Å². The minimum absolute atomic E-state index is 0.0391. The standard InChI is InChI=1S/C19H26N2O5S2/c1-6-7-12-26-15-8-10-16(11-9-15)28(24,25)21-13(2)14(3)27-19(4,5)17(21)18(22)20-23/h8-11,13-14,17,23H,12H2,1-5H3,(H,20,22). The Hall–Kier alpha value is -1.73. The third-order valence-corrected chi connectivity index (χ3v) is 8.29. The highest BCUT2D eigenvalue weighted by Crippen LogP contribution is 2.44. The number of hydroxylamine groups is 1. The first-order valence-corrected chi connectivity index (χ1v) is 11.2. The number of rotatable bonds is 5. The van der Waals surface area contributed by atoms with Gasteiger partial charge in [0.1, 0.15) is 18.4 Å². The van der Waals surface area contributed by atoms with Crippen LogP contribution in [-0.4, -0.2) is 52.5 Å². The molecule has 1 saturated heterocycles. The van der Waals surface area contributed by atoms with Gasteiger partial charge in [0.2, 0.25) is 10.0 Å². The zero-order chi connectivity index (χ0) is 21.1. The van der Waals surface area contributed by atoms with Gasteiger partial charge in [0.25, 0.3) is 5.91 Å². The van der Waals surface area contributed by atoms with E-state index < -0.39 is 32.8 Å². The van der Waals surface area contributed by atoms with Gasteiger partial charge in [-0.3, -0.25) is 10.0 Å². The highest BCUT2D eigenvalue weighted by atomic mass is 32.2. The molecule has 28 heavy (non-hydrogen) atoms. The molecule has 3 unspecified atom stereocenters. The molecule has 0 aromatic heterocycles. The fourth-order valence-corrected chi connectivity index (χ4v) is 7.02. The number of hydrogen-bond donors (Lipinski definition) is 2. The molecular weight excluding hydrogens is 400 g/mol. The summed E-state index contributed by atoms with van der Waals surface area (Å²) in [5.74, 6) is 5.24. The van der Waals surface area contributed by atoms with E-state index in [0.29, 0.717) is 5.75 Å². The van der Waals surface area contributed by atoms with E-state index in [-0.39, 0.29) is 16.8 Å². The monoisotopic (exact) mass is 426 g/mol. The summed E-state index contributed by atoms with van der Waals surface area (Å²) in [5, 5.41) is 9.17. The third kappa shape index (κ3) is 4.46. The number of benzene rings is 1. The van der Waals surface area contributed by atoms with Gasteiger partial charge in [-0.15, -0.1) is 17.7 Å². The maximum atomic E-state index is 13.4. The lowest BCUT2D eigenvalue weighted by Crippen LogP contribution is -2.65. The Kier molecular flexibility index (Phi) is 7.04. The SMILES string of the molecule is CC#CCOc1ccc(S(=O)(=O)N2C(C)C(C)SC(C)(C)C2C(=O)NO)cc1. The third-order valence-electron chi connectivity index (χ3n) is 4.73. The highest BCUT2D eigenvalue weighted by molar-refractivity contribution is 8.01. The summed E-state index contributed by atoms with van der Waals surface area (Å²) in [5.41, 5.74) is 1.63. The van der Waals surface area contributed by atoms with Crippen LogP contribution < -0.4 is 10.2 Å². The zero-order valence-corrected chi connectivity index (χ0v) is 18.2. The summed E-state index contributed by atoms with van der Waals surface area (Å²) < 4.78 is 32.8. The lowest BCUT2D eigenvalue weighted by atomic mass is 10.00. The normalized spacial score (nSPS) is 24.7. The van der Waals surface area contributed by atoms with Gasteiger partial charge in [0, 0.05) is 16.0 Å². The molecule has 1 aliphatic rings. The van der Waals surface area contributed by atoms with E-state index in [1.165, 1.54) is 28.2 Å². The molecule has 1 aromatic carbocycles. The Bertz CT molecular complexity index is 872. The lowest BCUT2D eigenvalue weighted by molar-refractivity contribution is -0.134. The zero-order valence-electron chi connectivity index (χ0n) is 16.6. The molecular formula is C19H26N2O5S2. The average Bonchev–Trinajstić information content (AvgIpc) is 2.64. The number of hydrogen-bond acceptors (Lipinski definition) is 6. The number of ether oxygens (including phenoxy) is 1. The molecule has 0 bridgehead atoms. The van der Waals surface area contributed by atoms with Crippen molar-refractivity contribution in [3.8, 4) is 17.6 Å². The summed E-state index contributed by atoms with van der Waals surface area (Å²) in [6.45, 7) is 9.22. The Balaban J connectivity index is 2.44. The molecule has 2 rings (SSSR count). The van der Waals surface area contributed by atoms with Crippen LogP contribution in [0.2, 0.25) is 0 Å². The van der Waals surface area contributed by atoms with Gasteiger partial charge in [0.15, 0.2) is 0 Å². The van der Waals surface area contributed by atoms with Crippen molar-refractivity contribution in [1.82, 2.24) is 9.79 Å². The molecule has 0 saturated carbocycles. The minimum atomic E-state index is -4.00. The molecule has 1 aromatic rings. The number of thioether (sulfide) groups is 1. The maximum Gasteiger partial charge on any atom is 0.263 e. The Morgan fingerprint density at radius 3 is 2.46 bits per heavy atom. The molecule has 3 atom stereocenters. The maximum absolute atomic E-state index is 13.4. The van der Waals surface area contributed by atoms with Crippen molar-refractivity contribution < 1.29 is 23.2 Å². The summed E-state index contributed by atoms with van der Waals surface area (Å²) in [7, 11) is -4.00. The number of sulfonamides is 1. The molecule has 0 spiro atoms. The second-order valence-electron chi connectivity index (χ2n) is 7.07. The Morgan fingerprint density at radius 1 is 1.32 bits per heavy atom. The van der Waals surface area contributed by atoms with Crippen molar-refractivity contribution in [3.63, 3.8) is 0 Å². The first-order chi connectivity index (χ1) is 13.1. The molecule has 1 aliphatic heterocycles. The van der Waals surface area contributed by atoms with Crippen molar-refractivity contribution in [1.29, 1.82) is 0 Å². The predicted octanol–water partition coefficient (Wildman–Crippen LogP) is 2.26. The molecule has 9 heteroatoms. The van der Waals surface area contributed by atoms with Crippen molar-refractivity contribution in [2.45, 2.75) is 61.6 Å². The molecule has 1 fully saturated rings. The van der Waals surface area contributed by atoms with E-state index in [9.17, 15) is 18.4 Å². The molecule has 0 aliphatic carbocycles. The highest BCUT2D eigenvalue weighted by Gasteiger charge is 2.53. The van der Waals surface area contributed by atoms with Crippen LogP contribution in [-0.2, 0) is 14.8 Å². The quantitative estimate of drug-likeness (QED) is 0.426. The van der Waals surface area contributed by atoms with Crippen molar-refractivity contribution in [2.75, 3.05) is 6.61 Å². The summed E-state index contributed by atoms with van der Waals surface area (Å²) in [6.07, 6.45) is 0. The van der Waals surface area contributed by atoms with Crippen LogP contribution >= 0.6 is 11.8 Å². The summed E-state index contributed by atoms with van der Waals surface area (Å²) in [4.78, 5) is 12.5. The molecule has 1 amide bonds. The fraction of sp³-hybridized carbons (Fsp3) is 0.526. The van der Waals surface area contributed by atoms with E-state index in [4.69, 9.17) is 4.74 Å². The van der Waals surface area contributed by atoms with Gasteiger partial charge < -0.3 is 4.74 Å². The van der Waals surface area contributed by atoms with Gasteiger partial charge in [-0.25, -0.2) is 13.9 Å². The fourth-order valence-electron chi connectivity index (χ4n) is 3.26. The van der Waals surface area contributed by atoms with Crippen LogP contribution in [0.15, 0.2) is 29.2 Å². The van der Waals surface area contributed by atoms with Crippen LogP contribution in [0, 0.1) is 11.8 Å². The molecule has 0 radical (unpaired) electrons. The van der Waals surface area contributed by atoms with Crippen LogP contribution in [0.5, 0.6) is 5.75 Å². The van der Waals surface area contributed by atoms with E-state index >= 15 is 0 Å². The van der Waals surface area contributed by atoms with E-state index in [1.807, 2.05) is 6.92 Å². The number of nitrogens with zero attached hydrogens (tertiary/aromatic N) is 1. The second kappa shape index (κ2) is 8.74. The van der Waals surface area contributed by atoms with E-state index in [0.717, 1.165) is 0 Å². The molecule has 2 N–H and O–H groups in total. The molecule has 154 valence electrons. The van der Waals surface area contributed by atoms with Gasteiger partial charge in [0.05, 0.1) is 4.90 Å². The van der Waals surface area contributed by atoms with Crippen molar-refractivity contribution in [3.05, 3.63) is 24.3 Å². The first-order valence-electron chi connectivity index (χ1n) is 8.84. The smallest absolute Gasteiger partial charge is 0.263 e. The first kappa shape index (κ1) is 22.6. The van der Waals surface area contributed by atoms with Crippen LogP contribution in [0.3, 0.4) is 0 Å². The number of nitrogens with one attached hydrogen (secondary N) is 1. The number of carbonyl (C=O) groups excluding carboxylic acids is 1. The van der Waals surface area contributed by atoms with Crippen molar-refractivity contribution in [2.24, 2.45) is 0 Å². The lowest BCUT2D eigenvalue weighted by Gasteiger charge is -2.49. The van der Waals surface area contributed by atoms with Gasteiger partial charge in [-0.05, 0) is 52.0 Å². The van der Waals surface area contributed by atoms with Crippen LogP contribution in [0.1, 0.15) is 34.6 Å². The Labute approximate surface area is 170 Å². The van der Waals surface area contributed by atoms with E-state index in [1.54, 1.807) is 45.3 Å². The minimum Gasteiger partial charge on any atom is -0.481 e.